The van der Waals surface area contributed by atoms with Crippen LogP contribution in [0.25, 0.3) is 10.6 Å². The van der Waals surface area contributed by atoms with Crippen LogP contribution in [0, 0.1) is 0 Å². The van der Waals surface area contributed by atoms with Gasteiger partial charge in [-0.25, -0.2) is 9.78 Å². The number of carbonyl (C=O) groups is 1. The van der Waals surface area contributed by atoms with Crippen LogP contribution in [0.15, 0.2) is 28.3 Å². The standard InChI is InChI=1S/C9H5BrN2O2S/c10-7-6(9(13)14)12-8(15-7)5-2-1-3-11-4-5/h1-4H,(H,13,14). The van der Waals surface area contributed by atoms with Crippen LogP contribution in [-0.4, -0.2) is 21.0 Å². The molecular formula is C9H5BrN2O2S. The molecule has 4 nitrogen and oxygen atoms in total. The van der Waals surface area contributed by atoms with Crippen LogP contribution in [0.4, 0.5) is 0 Å². The Morgan fingerprint density at radius 3 is 2.87 bits per heavy atom. The molecule has 0 aliphatic rings. The fourth-order valence-electron chi connectivity index (χ4n) is 1.05. The van der Waals surface area contributed by atoms with E-state index in [1.807, 2.05) is 6.07 Å². The number of carboxylic acid groups (broad SMARTS) is 1. The summed E-state index contributed by atoms with van der Waals surface area (Å²) in [4.78, 5) is 18.7. The Bertz CT molecular complexity index is 498. The summed E-state index contributed by atoms with van der Waals surface area (Å²) in [5.74, 6) is -1.03. The first-order chi connectivity index (χ1) is 7.18. The second-order valence-corrected chi connectivity index (χ2v) is 5.01. The highest BCUT2D eigenvalue weighted by Gasteiger charge is 2.15. The van der Waals surface area contributed by atoms with Crippen LogP contribution < -0.4 is 0 Å². The molecule has 6 heteroatoms. The highest BCUT2D eigenvalue weighted by atomic mass is 79.9. The average molecular weight is 285 g/mol. The van der Waals surface area contributed by atoms with Gasteiger partial charge in [0.2, 0.25) is 0 Å². The summed E-state index contributed by atoms with van der Waals surface area (Å²) < 4.78 is 0.522. The number of nitrogens with zero attached hydrogens (tertiary/aromatic N) is 2. The maximum absolute atomic E-state index is 10.8. The predicted molar refractivity (Wildman–Crippen MR) is 60.0 cm³/mol. The fraction of sp³-hybridized carbons (Fsp3) is 0. The number of pyridine rings is 1. The van der Waals surface area contributed by atoms with E-state index in [4.69, 9.17) is 5.11 Å². The maximum atomic E-state index is 10.8. The number of hydrogen-bond acceptors (Lipinski definition) is 4. The first kappa shape index (κ1) is 10.3. The minimum atomic E-state index is -1.03. The minimum absolute atomic E-state index is 0.0406. The van der Waals surface area contributed by atoms with Gasteiger partial charge in [-0.2, -0.15) is 0 Å². The predicted octanol–water partition coefficient (Wildman–Crippen LogP) is 2.67. The van der Waals surface area contributed by atoms with E-state index < -0.39 is 5.97 Å². The zero-order valence-electron chi connectivity index (χ0n) is 7.35. The van der Waals surface area contributed by atoms with E-state index in [2.05, 4.69) is 25.9 Å². The molecule has 2 aromatic rings. The third-order valence-corrected chi connectivity index (χ3v) is 3.45. The van der Waals surface area contributed by atoms with Gasteiger partial charge in [-0.05, 0) is 28.1 Å². The highest BCUT2D eigenvalue weighted by molar-refractivity contribution is 9.11. The van der Waals surface area contributed by atoms with Gasteiger partial charge in [0.1, 0.15) is 8.79 Å². The fourth-order valence-corrected chi connectivity index (χ4v) is 2.54. The number of aromatic nitrogens is 2. The lowest BCUT2D eigenvalue weighted by Crippen LogP contribution is -1.96. The van der Waals surface area contributed by atoms with E-state index in [9.17, 15) is 4.79 Å². The number of carboxylic acids is 1. The van der Waals surface area contributed by atoms with E-state index in [0.717, 1.165) is 5.56 Å². The van der Waals surface area contributed by atoms with Crippen molar-refractivity contribution in [3.8, 4) is 10.6 Å². The quantitative estimate of drug-likeness (QED) is 0.921. The van der Waals surface area contributed by atoms with Crippen molar-refractivity contribution in [2.75, 3.05) is 0 Å². The van der Waals surface area contributed by atoms with Crippen molar-refractivity contribution >= 4 is 33.2 Å². The molecule has 0 bridgehead atoms. The van der Waals surface area contributed by atoms with Crippen molar-refractivity contribution in [3.05, 3.63) is 34.0 Å². The molecule has 0 spiro atoms. The van der Waals surface area contributed by atoms with Gasteiger partial charge < -0.3 is 5.11 Å². The summed E-state index contributed by atoms with van der Waals surface area (Å²) in [6.45, 7) is 0. The van der Waals surface area contributed by atoms with Crippen LogP contribution in [0.2, 0.25) is 0 Å². The molecule has 0 atom stereocenters. The molecule has 2 aromatic heterocycles. The van der Waals surface area contributed by atoms with Gasteiger partial charge in [0.25, 0.3) is 0 Å². The first-order valence-corrected chi connectivity index (χ1v) is 5.59. The summed E-state index contributed by atoms with van der Waals surface area (Å²) >= 11 is 4.45. The molecule has 0 aliphatic carbocycles. The Hall–Kier alpha value is -1.27. The van der Waals surface area contributed by atoms with Crippen LogP contribution in [0.1, 0.15) is 10.5 Å². The number of hydrogen-bond donors (Lipinski definition) is 1. The van der Waals surface area contributed by atoms with Gasteiger partial charge in [-0.15, -0.1) is 11.3 Å². The van der Waals surface area contributed by atoms with Gasteiger partial charge in [-0.1, -0.05) is 0 Å². The summed E-state index contributed by atoms with van der Waals surface area (Å²) in [7, 11) is 0. The second-order valence-electron chi connectivity index (χ2n) is 2.69. The highest BCUT2D eigenvalue weighted by Crippen LogP contribution is 2.31. The summed E-state index contributed by atoms with van der Waals surface area (Å²) in [6.07, 6.45) is 3.31. The van der Waals surface area contributed by atoms with Gasteiger partial charge in [0.05, 0.1) is 0 Å². The molecule has 0 amide bonds. The Kier molecular flexibility index (Phi) is 2.79. The molecule has 0 unspecified atom stereocenters. The minimum Gasteiger partial charge on any atom is -0.476 e. The molecule has 15 heavy (non-hydrogen) atoms. The molecule has 76 valence electrons. The summed E-state index contributed by atoms with van der Waals surface area (Å²) in [6, 6.07) is 3.62. The van der Waals surface area contributed by atoms with E-state index in [1.165, 1.54) is 11.3 Å². The Balaban J connectivity index is 2.48. The summed E-state index contributed by atoms with van der Waals surface area (Å²) in [5.41, 5.74) is 0.856. The average Bonchev–Trinajstić information content (AvgIpc) is 2.62. The molecule has 0 saturated carbocycles. The molecule has 0 radical (unpaired) electrons. The maximum Gasteiger partial charge on any atom is 0.356 e. The number of aromatic carboxylic acids is 1. The van der Waals surface area contributed by atoms with Crippen molar-refractivity contribution in [1.29, 1.82) is 0 Å². The lowest BCUT2D eigenvalue weighted by Gasteiger charge is -1.91. The van der Waals surface area contributed by atoms with Crippen LogP contribution >= 0.6 is 27.3 Å². The lowest BCUT2D eigenvalue weighted by molar-refractivity contribution is 0.0690. The van der Waals surface area contributed by atoms with E-state index in [1.54, 1.807) is 18.5 Å². The smallest absolute Gasteiger partial charge is 0.356 e. The lowest BCUT2D eigenvalue weighted by atomic mass is 10.3. The normalized spacial score (nSPS) is 10.2. The Labute approximate surface area is 97.8 Å². The van der Waals surface area contributed by atoms with Crippen molar-refractivity contribution in [2.24, 2.45) is 0 Å². The molecule has 2 heterocycles. The molecule has 0 saturated heterocycles. The van der Waals surface area contributed by atoms with E-state index in [-0.39, 0.29) is 5.69 Å². The van der Waals surface area contributed by atoms with Crippen molar-refractivity contribution in [3.63, 3.8) is 0 Å². The molecule has 0 aromatic carbocycles. The third kappa shape index (κ3) is 2.05. The topological polar surface area (TPSA) is 63.1 Å². The number of halogens is 1. The van der Waals surface area contributed by atoms with Gasteiger partial charge in [0, 0.05) is 18.0 Å². The molecule has 2 rings (SSSR count). The first-order valence-electron chi connectivity index (χ1n) is 3.98. The molecular weight excluding hydrogens is 280 g/mol. The van der Waals surface area contributed by atoms with Crippen molar-refractivity contribution in [2.45, 2.75) is 0 Å². The van der Waals surface area contributed by atoms with E-state index >= 15 is 0 Å². The van der Waals surface area contributed by atoms with Crippen molar-refractivity contribution in [1.82, 2.24) is 9.97 Å². The molecule has 0 aliphatic heterocycles. The second kappa shape index (κ2) is 4.08. The van der Waals surface area contributed by atoms with E-state index in [0.29, 0.717) is 8.79 Å². The van der Waals surface area contributed by atoms with Crippen LogP contribution in [0.5, 0.6) is 0 Å². The number of rotatable bonds is 2. The zero-order valence-corrected chi connectivity index (χ0v) is 9.75. The van der Waals surface area contributed by atoms with Crippen molar-refractivity contribution < 1.29 is 9.90 Å². The third-order valence-electron chi connectivity index (χ3n) is 1.70. The van der Waals surface area contributed by atoms with Gasteiger partial charge >= 0.3 is 5.97 Å². The van der Waals surface area contributed by atoms with Gasteiger partial charge in [-0.3, -0.25) is 4.98 Å². The molecule has 1 N–H and O–H groups in total. The van der Waals surface area contributed by atoms with Gasteiger partial charge in [0.15, 0.2) is 5.69 Å². The Morgan fingerprint density at radius 2 is 2.33 bits per heavy atom. The van der Waals surface area contributed by atoms with Crippen LogP contribution in [0.3, 0.4) is 0 Å². The largest absolute Gasteiger partial charge is 0.476 e. The SMILES string of the molecule is O=C(O)c1nc(-c2cccnc2)sc1Br. The van der Waals surface area contributed by atoms with Crippen LogP contribution in [-0.2, 0) is 0 Å². The molecule has 0 fully saturated rings. The zero-order chi connectivity index (χ0) is 10.8. The monoisotopic (exact) mass is 284 g/mol. The number of thiazole rings is 1. The Morgan fingerprint density at radius 1 is 1.53 bits per heavy atom. The summed E-state index contributed by atoms with van der Waals surface area (Å²) in [5, 5.41) is 9.47.